The van der Waals surface area contributed by atoms with Gasteiger partial charge in [0.1, 0.15) is 0 Å². The molecule has 1 aromatic carbocycles. The van der Waals surface area contributed by atoms with E-state index in [4.69, 9.17) is 23.2 Å². The maximum absolute atomic E-state index is 9.95. The normalized spacial score (nSPS) is 24.7. The first-order valence-electron chi connectivity index (χ1n) is 4.83. The van der Waals surface area contributed by atoms with Crippen molar-refractivity contribution in [2.24, 2.45) is 0 Å². The molecular weight excluding hydrogens is 233 g/mol. The Hall–Kier alpha value is -0.280. The lowest BCUT2D eigenvalue weighted by Gasteiger charge is -2.23. The Labute approximate surface area is 99.4 Å². The number of rotatable bonds is 1. The highest BCUT2D eigenvalue weighted by Gasteiger charge is 2.34. The molecule has 0 unspecified atom stereocenters. The average molecular weight is 246 g/mol. The van der Waals surface area contributed by atoms with Crippen LogP contribution < -0.4 is 0 Å². The van der Waals surface area contributed by atoms with E-state index in [1.807, 2.05) is 25.1 Å². The zero-order valence-electron chi connectivity index (χ0n) is 8.67. The van der Waals surface area contributed by atoms with Crippen LogP contribution >= 0.6 is 23.2 Å². The van der Waals surface area contributed by atoms with Gasteiger partial charge in [-0.05, 0) is 37.4 Å². The topological polar surface area (TPSA) is 23.5 Å². The van der Waals surface area contributed by atoms with Gasteiger partial charge in [-0.2, -0.15) is 0 Å². The maximum Gasteiger partial charge on any atom is 0.0777 e. The number of halogens is 2. The Kier molecular flexibility index (Phi) is 2.95. The third-order valence-corrected chi connectivity index (χ3v) is 3.40. The number of hydrogen-bond acceptors (Lipinski definition) is 2. The monoisotopic (exact) mass is 245 g/mol. The summed E-state index contributed by atoms with van der Waals surface area (Å²) in [7, 11) is 3.88. The molecule has 2 rings (SSSR count). The molecule has 0 fully saturated rings. The fourth-order valence-electron chi connectivity index (χ4n) is 2.25. The Morgan fingerprint density at radius 3 is 2.60 bits per heavy atom. The molecule has 0 amide bonds. The van der Waals surface area contributed by atoms with Gasteiger partial charge >= 0.3 is 0 Å². The van der Waals surface area contributed by atoms with Crippen molar-refractivity contribution in [2.75, 3.05) is 14.1 Å². The summed E-state index contributed by atoms with van der Waals surface area (Å²) in [6.07, 6.45) is 0.208. The van der Waals surface area contributed by atoms with Crippen molar-refractivity contribution in [3.8, 4) is 0 Å². The summed E-state index contributed by atoms with van der Waals surface area (Å²) in [6, 6.07) is 3.62. The smallest absolute Gasteiger partial charge is 0.0777 e. The molecule has 1 aliphatic rings. The van der Waals surface area contributed by atoms with Crippen molar-refractivity contribution in [1.82, 2.24) is 4.90 Å². The standard InChI is InChI=1S/C11H13Cl2NO/c1-14(2)11-8-3-6(12)4-9(13)7(8)5-10(11)15/h3-4,10-11,15H,5H2,1-2H3/t10-,11-/m1/s1. The SMILES string of the molecule is CN(C)[C@@H]1c2cc(Cl)cc(Cl)c2C[C@H]1O. The Morgan fingerprint density at radius 1 is 1.33 bits per heavy atom. The van der Waals surface area contributed by atoms with E-state index in [0.29, 0.717) is 16.5 Å². The first-order chi connectivity index (χ1) is 7.00. The number of benzene rings is 1. The molecule has 0 bridgehead atoms. The van der Waals surface area contributed by atoms with Gasteiger partial charge in [0.2, 0.25) is 0 Å². The second-order valence-electron chi connectivity index (χ2n) is 4.14. The fourth-order valence-corrected chi connectivity index (χ4v) is 2.84. The summed E-state index contributed by atoms with van der Waals surface area (Å²) in [5, 5.41) is 11.2. The van der Waals surface area contributed by atoms with E-state index in [1.54, 1.807) is 6.07 Å². The number of hydrogen-bond donors (Lipinski definition) is 1. The fraction of sp³-hybridized carbons (Fsp3) is 0.455. The molecule has 2 nitrogen and oxygen atoms in total. The number of nitrogens with zero attached hydrogens (tertiary/aromatic N) is 1. The van der Waals surface area contributed by atoms with E-state index in [9.17, 15) is 5.11 Å². The first kappa shape index (κ1) is 11.2. The second-order valence-corrected chi connectivity index (χ2v) is 4.98. The first-order valence-corrected chi connectivity index (χ1v) is 5.58. The Bertz CT molecular complexity index is 392. The Morgan fingerprint density at radius 2 is 2.00 bits per heavy atom. The lowest BCUT2D eigenvalue weighted by molar-refractivity contribution is 0.0902. The van der Waals surface area contributed by atoms with E-state index < -0.39 is 6.10 Å². The van der Waals surface area contributed by atoms with Crippen LogP contribution in [-0.2, 0) is 6.42 Å². The lowest BCUT2D eigenvalue weighted by Crippen LogP contribution is -2.27. The highest BCUT2D eigenvalue weighted by atomic mass is 35.5. The van der Waals surface area contributed by atoms with Gasteiger partial charge in [0.25, 0.3) is 0 Å². The van der Waals surface area contributed by atoms with Crippen LogP contribution in [0, 0.1) is 0 Å². The predicted molar refractivity (Wildman–Crippen MR) is 62.6 cm³/mol. The quantitative estimate of drug-likeness (QED) is 0.823. The number of aliphatic hydroxyl groups is 1. The van der Waals surface area contributed by atoms with Gasteiger partial charge in [0.05, 0.1) is 12.1 Å². The summed E-state index contributed by atoms with van der Waals surface area (Å²) in [6.45, 7) is 0. The van der Waals surface area contributed by atoms with Gasteiger partial charge in [-0.25, -0.2) is 0 Å². The molecule has 1 aromatic rings. The van der Waals surface area contributed by atoms with Crippen molar-refractivity contribution >= 4 is 23.2 Å². The van der Waals surface area contributed by atoms with Gasteiger partial charge in [-0.3, -0.25) is 0 Å². The van der Waals surface area contributed by atoms with Gasteiger partial charge < -0.3 is 10.0 Å². The van der Waals surface area contributed by atoms with Crippen LogP contribution in [0.1, 0.15) is 17.2 Å². The largest absolute Gasteiger partial charge is 0.391 e. The van der Waals surface area contributed by atoms with Crippen LogP contribution in [0.25, 0.3) is 0 Å². The summed E-state index contributed by atoms with van der Waals surface area (Å²) < 4.78 is 0. The summed E-state index contributed by atoms with van der Waals surface area (Å²) in [5.41, 5.74) is 2.07. The summed E-state index contributed by atoms with van der Waals surface area (Å²) in [4.78, 5) is 1.99. The van der Waals surface area contributed by atoms with Crippen molar-refractivity contribution in [2.45, 2.75) is 18.6 Å². The molecule has 1 aliphatic carbocycles. The molecule has 0 radical (unpaired) electrons. The van der Waals surface area contributed by atoms with E-state index in [2.05, 4.69) is 0 Å². The molecule has 0 saturated carbocycles. The highest BCUT2D eigenvalue weighted by Crippen LogP contribution is 2.40. The molecule has 0 aliphatic heterocycles. The van der Waals surface area contributed by atoms with Gasteiger partial charge in [-0.15, -0.1) is 0 Å². The van der Waals surface area contributed by atoms with Crippen molar-refractivity contribution in [3.63, 3.8) is 0 Å². The lowest BCUT2D eigenvalue weighted by atomic mass is 10.1. The van der Waals surface area contributed by atoms with Crippen LogP contribution in [0.5, 0.6) is 0 Å². The Balaban J connectivity index is 2.53. The number of likely N-dealkylation sites (N-methyl/N-ethyl adjacent to an activating group) is 1. The number of fused-ring (bicyclic) bond motifs is 1. The molecular formula is C11H13Cl2NO. The van der Waals surface area contributed by atoms with E-state index >= 15 is 0 Å². The zero-order chi connectivity index (χ0) is 11.2. The van der Waals surface area contributed by atoms with Gasteiger partial charge in [0.15, 0.2) is 0 Å². The second kappa shape index (κ2) is 3.95. The van der Waals surface area contributed by atoms with Crippen LogP contribution in [0.4, 0.5) is 0 Å². The highest BCUT2D eigenvalue weighted by molar-refractivity contribution is 6.35. The molecule has 0 spiro atoms. The van der Waals surface area contributed by atoms with E-state index in [1.165, 1.54) is 0 Å². The molecule has 2 atom stereocenters. The molecule has 4 heteroatoms. The number of aliphatic hydroxyl groups excluding tert-OH is 1. The predicted octanol–water partition coefficient (Wildman–Crippen LogP) is 2.51. The average Bonchev–Trinajstić information content (AvgIpc) is 2.41. The van der Waals surface area contributed by atoms with Crippen LogP contribution in [0.3, 0.4) is 0 Å². The third kappa shape index (κ3) is 1.87. The van der Waals surface area contributed by atoms with Crippen LogP contribution in [-0.4, -0.2) is 30.2 Å². The maximum atomic E-state index is 9.95. The van der Waals surface area contributed by atoms with Crippen molar-refractivity contribution in [1.29, 1.82) is 0 Å². The third-order valence-electron chi connectivity index (χ3n) is 2.85. The zero-order valence-corrected chi connectivity index (χ0v) is 10.2. The van der Waals surface area contributed by atoms with Gasteiger partial charge in [0, 0.05) is 16.5 Å². The van der Waals surface area contributed by atoms with Crippen molar-refractivity contribution in [3.05, 3.63) is 33.3 Å². The minimum Gasteiger partial charge on any atom is -0.391 e. The molecule has 0 heterocycles. The van der Waals surface area contributed by atoms with Crippen LogP contribution in [0.2, 0.25) is 10.0 Å². The van der Waals surface area contributed by atoms with Crippen LogP contribution in [0.15, 0.2) is 12.1 Å². The molecule has 15 heavy (non-hydrogen) atoms. The van der Waals surface area contributed by atoms with E-state index in [-0.39, 0.29) is 6.04 Å². The minimum absolute atomic E-state index is 0.00352. The molecule has 0 aromatic heterocycles. The summed E-state index contributed by atoms with van der Waals surface area (Å²) >= 11 is 12.1. The van der Waals surface area contributed by atoms with E-state index in [0.717, 1.165) is 11.1 Å². The summed E-state index contributed by atoms with van der Waals surface area (Å²) in [5.74, 6) is 0. The molecule has 1 N–H and O–H groups in total. The molecule has 82 valence electrons. The minimum atomic E-state index is -0.397. The molecule has 0 saturated heterocycles. The van der Waals surface area contributed by atoms with Crippen molar-refractivity contribution < 1.29 is 5.11 Å². The van der Waals surface area contributed by atoms with Gasteiger partial charge in [-0.1, -0.05) is 23.2 Å².